The van der Waals surface area contributed by atoms with E-state index in [-0.39, 0.29) is 11.8 Å². The van der Waals surface area contributed by atoms with Gasteiger partial charge >= 0.3 is 5.97 Å². The molecule has 2 atom stereocenters. The first kappa shape index (κ1) is 15.3. The summed E-state index contributed by atoms with van der Waals surface area (Å²) in [6.45, 7) is 8.68. The maximum absolute atomic E-state index is 12.0. The van der Waals surface area contributed by atoms with Crippen molar-refractivity contribution in [2.24, 2.45) is 17.3 Å². The van der Waals surface area contributed by atoms with Gasteiger partial charge in [0.1, 0.15) is 0 Å². The Morgan fingerprint density at radius 1 is 1.30 bits per heavy atom. The number of amides is 1. The maximum Gasteiger partial charge on any atom is 0.307 e. The van der Waals surface area contributed by atoms with Crippen molar-refractivity contribution in [1.82, 2.24) is 10.2 Å². The third kappa shape index (κ3) is 3.30. The van der Waals surface area contributed by atoms with Crippen LogP contribution in [0.3, 0.4) is 0 Å². The molecule has 0 aromatic carbocycles. The van der Waals surface area contributed by atoms with Gasteiger partial charge in [0.2, 0.25) is 5.91 Å². The highest BCUT2D eigenvalue weighted by molar-refractivity contribution is 5.91. The van der Waals surface area contributed by atoms with Crippen molar-refractivity contribution in [2.75, 3.05) is 39.4 Å². The highest BCUT2D eigenvalue weighted by Crippen LogP contribution is 2.58. The number of ether oxygens (including phenoxy) is 1. The molecule has 2 fully saturated rings. The lowest BCUT2D eigenvalue weighted by atomic mass is 10.1. The van der Waals surface area contributed by atoms with Crippen LogP contribution in [0, 0.1) is 17.3 Å². The van der Waals surface area contributed by atoms with Crippen LogP contribution in [0.5, 0.6) is 0 Å². The quantitative estimate of drug-likeness (QED) is 0.680. The Bertz CT molecular complexity index is 377. The number of carbonyl (C=O) groups is 2. The standard InChI is InChI=1S/C14H24N2O4/c1-14(2)10(11(14)13(18)19)12(17)15-4-3-5-16-6-8-20-9-7-16/h10-11H,3-9H2,1-2H3,(H,15,17)(H,18,19)/t10-,11+/m1/s1. The molecule has 0 radical (unpaired) electrons. The largest absolute Gasteiger partial charge is 0.481 e. The Hall–Kier alpha value is -1.14. The van der Waals surface area contributed by atoms with Crippen LogP contribution in [-0.4, -0.2) is 61.3 Å². The fraction of sp³-hybridized carbons (Fsp3) is 0.857. The first-order chi connectivity index (χ1) is 9.44. The van der Waals surface area contributed by atoms with E-state index in [1.165, 1.54) is 0 Å². The summed E-state index contributed by atoms with van der Waals surface area (Å²) in [6, 6.07) is 0. The van der Waals surface area contributed by atoms with Crippen molar-refractivity contribution in [3.63, 3.8) is 0 Å². The Balaban J connectivity index is 1.65. The molecule has 2 rings (SSSR count). The van der Waals surface area contributed by atoms with Gasteiger partial charge in [-0.1, -0.05) is 13.8 Å². The highest BCUT2D eigenvalue weighted by atomic mass is 16.5. The molecule has 2 aliphatic rings. The summed E-state index contributed by atoms with van der Waals surface area (Å²) in [5, 5.41) is 11.9. The monoisotopic (exact) mass is 284 g/mol. The van der Waals surface area contributed by atoms with Crippen LogP contribution in [0.2, 0.25) is 0 Å². The number of hydrogen-bond donors (Lipinski definition) is 2. The second-order valence-corrected chi connectivity index (χ2v) is 6.21. The van der Waals surface area contributed by atoms with Crippen LogP contribution in [0.4, 0.5) is 0 Å². The van der Waals surface area contributed by atoms with Gasteiger partial charge in [-0.3, -0.25) is 14.5 Å². The van der Waals surface area contributed by atoms with Crippen molar-refractivity contribution in [3.05, 3.63) is 0 Å². The molecular formula is C14H24N2O4. The summed E-state index contributed by atoms with van der Waals surface area (Å²) in [5.74, 6) is -1.92. The lowest BCUT2D eigenvalue weighted by Crippen LogP contribution is -2.38. The molecule has 0 spiro atoms. The molecule has 114 valence electrons. The number of morpholine rings is 1. The summed E-state index contributed by atoms with van der Waals surface area (Å²) in [6.07, 6.45) is 0.886. The van der Waals surface area contributed by atoms with Crippen molar-refractivity contribution in [2.45, 2.75) is 20.3 Å². The molecule has 1 amide bonds. The summed E-state index contributed by atoms with van der Waals surface area (Å²) >= 11 is 0. The molecule has 0 bridgehead atoms. The van der Waals surface area contributed by atoms with E-state index in [2.05, 4.69) is 10.2 Å². The number of hydrogen-bond acceptors (Lipinski definition) is 4. The van der Waals surface area contributed by atoms with E-state index in [1.807, 2.05) is 13.8 Å². The fourth-order valence-electron chi connectivity index (χ4n) is 3.04. The molecule has 0 aromatic rings. The molecule has 1 aliphatic carbocycles. The number of carbonyl (C=O) groups excluding carboxylic acids is 1. The lowest BCUT2D eigenvalue weighted by Gasteiger charge is -2.26. The van der Waals surface area contributed by atoms with Crippen LogP contribution in [0.25, 0.3) is 0 Å². The summed E-state index contributed by atoms with van der Waals surface area (Å²) in [5.41, 5.74) is -0.417. The third-order valence-electron chi connectivity index (χ3n) is 4.43. The Morgan fingerprint density at radius 3 is 2.50 bits per heavy atom. The van der Waals surface area contributed by atoms with Gasteiger partial charge < -0.3 is 15.2 Å². The Kier molecular flexibility index (Phi) is 4.65. The van der Waals surface area contributed by atoms with Crippen LogP contribution >= 0.6 is 0 Å². The molecule has 2 N–H and O–H groups in total. The number of carboxylic acids is 1. The molecule has 1 saturated heterocycles. The molecule has 6 nitrogen and oxygen atoms in total. The predicted octanol–water partition coefficient (Wildman–Crippen LogP) is 0.182. The van der Waals surface area contributed by atoms with Gasteiger partial charge in [-0.25, -0.2) is 0 Å². The minimum atomic E-state index is -0.872. The minimum Gasteiger partial charge on any atom is -0.481 e. The third-order valence-corrected chi connectivity index (χ3v) is 4.43. The van der Waals surface area contributed by atoms with E-state index < -0.39 is 17.3 Å². The first-order valence-corrected chi connectivity index (χ1v) is 7.25. The van der Waals surface area contributed by atoms with Crippen molar-refractivity contribution >= 4 is 11.9 Å². The molecule has 1 saturated carbocycles. The van der Waals surface area contributed by atoms with E-state index >= 15 is 0 Å². The number of carboxylic acid groups (broad SMARTS) is 1. The zero-order valence-electron chi connectivity index (χ0n) is 12.2. The fourth-order valence-corrected chi connectivity index (χ4v) is 3.04. The average Bonchev–Trinajstić information content (AvgIpc) is 2.99. The van der Waals surface area contributed by atoms with Crippen molar-refractivity contribution < 1.29 is 19.4 Å². The molecular weight excluding hydrogens is 260 g/mol. The van der Waals surface area contributed by atoms with Gasteiger partial charge in [0, 0.05) is 19.6 Å². The molecule has 0 unspecified atom stereocenters. The molecule has 1 aliphatic heterocycles. The van der Waals surface area contributed by atoms with Gasteiger partial charge in [-0.15, -0.1) is 0 Å². The van der Waals surface area contributed by atoms with Crippen LogP contribution in [0.15, 0.2) is 0 Å². The van der Waals surface area contributed by atoms with Crippen LogP contribution in [-0.2, 0) is 14.3 Å². The van der Waals surface area contributed by atoms with Gasteiger partial charge in [-0.2, -0.15) is 0 Å². The van der Waals surface area contributed by atoms with Crippen molar-refractivity contribution in [1.29, 1.82) is 0 Å². The molecule has 6 heteroatoms. The van der Waals surface area contributed by atoms with Crippen LogP contribution < -0.4 is 5.32 Å². The van der Waals surface area contributed by atoms with E-state index in [1.54, 1.807) is 0 Å². The van der Waals surface area contributed by atoms with Gasteiger partial charge in [0.15, 0.2) is 0 Å². The molecule has 0 aromatic heterocycles. The summed E-state index contributed by atoms with van der Waals surface area (Å²) in [7, 11) is 0. The second kappa shape index (κ2) is 6.10. The van der Waals surface area contributed by atoms with E-state index in [4.69, 9.17) is 9.84 Å². The second-order valence-electron chi connectivity index (χ2n) is 6.21. The Morgan fingerprint density at radius 2 is 1.95 bits per heavy atom. The average molecular weight is 284 g/mol. The summed E-state index contributed by atoms with van der Waals surface area (Å²) in [4.78, 5) is 25.3. The first-order valence-electron chi connectivity index (χ1n) is 7.25. The van der Waals surface area contributed by atoms with Crippen LogP contribution in [0.1, 0.15) is 20.3 Å². The number of nitrogens with one attached hydrogen (secondary N) is 1. The lowest BCUT2D eigenvalue weighted by molar-refractivity contribution is -0.140. The molecule has 1 heterocycles. The smallest absolute Gasteiger partial charge is 0.307 e. The highest BCUT2D eigenvalue weighted by Gasteiger charge is 2.65. The zero-order chi connectivity index (χ0) is 14.8. The van der Waals surface area contributed by atoms with Gasteiger partial charge in [0.05, 0.1) is 25.0 Å². The minimum absolute atomic E-state index is 0.121. The van der Waals surface area contributed by atoms with E-state index in [0.29, 0.717) is 6.54 Å². The normalized spacial score (nSPS) is 28.9. The zero-order valence-corrected chi connectivity index (χ0v) is 12.2. The summed E-state index contributed by atoms with van der Waals surface area (Å²) < 4.78 is 5.27. The van der Waals surface area contributed by atoms with Gasteiger partial charge in [0.25, 0.3) is 0 Å². The number of nitrogens with zero attached hydrogens (tertiary/aromatic N) is 1. The maximum atomic E-state index is 12.0. The van der Waals surface area contributed by atoms with Gasteiger partial charge in [-0.05, 0) is 18.4 Å². The predicted molar refractivity (Wildman–Crippen MR) is 73.3 cm³/mol. The molecule has 20 heavy (non-hydrogen) atoms. The van der Waals surface area contributed by atoms with Crippen molar-refractivity contribution in [3.8, 4) is 0 Å². The van der Waals surface area contributed by atoms with E-state index in [0.717, 1.165) is 39.3 Å². The number of rotatable bonds is 6. The Labute approximate surface area is 119 Å². The topological polar surface area (TPSA) is 78.9 Å². The van der Waals surface area contributed by atoms with E-state index in [9.17, 15) is 9.59 Å². The SMILES string of the molecule is CC1(C)[C@H](C(=O)O)[C@@H]1C(=O)NCCCN1CCOCC1. The number of aliphatic carboxylic acids is 1.